The summed E-state index contributed by atoms with van der Waals surface area (Å²) in [5.41, 5.74) is 1.53. The number of hydrogen-bond donors (Lipinski definition) is 1. The topological polar surface area (TPSA) is 48.5 Å². The zero-order chi connectivity index (χ0) is 17.1. The number of aryl methyl sites for hydroxylation is 1. The molecular weight excluding hydrogens is 336 g/mol. The van der Waals surface area contributed by atoms with Crippen molar-refractivity contribution in [2.24, 2.45) is 11.8 Å². The van der Waals surface area contributed by atoms with Crippen LogP contribution in [0.3, 0.4) is 0 Å². The van der Waals surface area contributed by atoms with Gasteiger partial charge in [0, 0.05) is 27.2 Å². The maximum absolute atomic E-state index is 12.1. The average molecular weight is 367 g/mol. The van der Waals surface area contributed by atoms with Gasteiger partial charge in [0.15, 0.2) is 0 Å². The molecule has 3 heterocycles. The van der Waals surface area contributed by atoms with E-state index >= 15 is 0 Å². The molecule has 25 heavy (non-hydrogen) atoms. The van der Waals surface area contributed by atoms with Crippen LogP contribution in [0.15, 0.2) is 12.1 Å². The molecule has 1 aromatic heterocycles. The molecule has 2 fully saturated rings. The Hall–Kier alpha value is -1.33. The minimum atomic E-state index is 0. The van der Waals surface area contributed by atoms with Gasteiger partial charge >= 0.3 is 0 Å². The van der Waals surface area contributed by atoms with Gasteiger partial charge in [-0.05, 0) is 69.7 Å². The Morgan fingerprint density at radius 3 is 2.28 bits per heavy atom. The minimum Gasteiger partial charge on any atom is -0.357 e. The number of aromatic nitrogens is 1. The van der Waals surface area contributed by atoms with Crippen molar-refractivity contribution in [2.45, 2.75) is 32.6 Å². The van der Waals surface area contributed by atoms with Gasteiger partial charge in [-0.3, -0.25) is 4.79 Å². The maximum atomic E-state index is 12.1. The van der Waals surface area contributed by atoms with E-state index < -0.39 is 0 Å². The molecule has 5 nitrogen and oxygen atoms in total. The highest BCUT2D eigenvalue weighted by atomic mass is 35.5. The number of halogens is 1. The normalized spacial score (nSPS) is 19.4. The Balaban J connectivity index is 0.00000225. The van der Waals surface area contributed by atoms with E-state index in [1.807, 2.05) is 19.1 Å². The van der Waals surface area contributed by atoms with Crippen LogP contribution in [0.5, 0.6) is 0 Å². The molecule has 1 aromatic rings. The van der Waals surface area contributed by atoms with Crippen molar-refractivity contribution in [1.82, 2.24) is 15.2 Å². The molecule has 2 aliphatic rings. The van der Waals surface area contributed by atoms with E-state index in [0.29, 0.717) is 5.56 Å². The molecule has 6 heteroatoms. The fraction of sp³-hybridized carbons (Fsp3) is 0.684. The Morgan fingerprint density at radius 2 is 1.72 bits per heavy atom. The Kier molecular flexibility index (Phi) is 7.08. The van der Waals surface area contributed by atoms with E-state index in [-0.39, 0.29) is 18.3 Å². The molecule has 0 atom stereocenters. The van der Waals surface area contributed by atoms with Crippen LogP contribution in [0.2, 0.25) is 0 Å². The lowest BCUT2D eigenvalue weighted by atomic mass is 9.79. The van der Waals surface area contributed by atoms with Crippen LogP contribution in [-0.2, 0) is 0 Å². The lowest BCUT2D eigenvalue weighted by Gasteiger charge is -2.38. The first-order valence-corrected chi connectivity index (χ1v) is 9.21. The SMILES string of the molecule is Cc1nc(N2CCC(C3CCNCC3)CC2)ccc1C(=O)N(C)C.Cl. The van der Waals surface area contributed by atoms with Crippen LogP contribution in [-0.4, -0.2) is 56.1 Å². The van der Waals surface area contributed by atoms with Gasteiger partial charge in [0.1, 0.15) is 5.82 Å². The standard InChI is InChI=1S/C19H30N4O.ClH/c1-14-17(19(24)22(2)3)4-5-18(21-14)23-12-8-16(9-13-23)15-6-10-20-11-7-15;/h4-5,15-16,20H,6-13H2,1-3H3;1H. The number of carbonyl (C=O) groups is 1. The molecule has 0 aliphatic carbocycles. The first-order chi connectivity index (χ1) is 11.6. The van der Waals surface area contributed by atoms with Gasteiger partial charge in [-0.2, -0.15) is 0 Å². The summed E-state index contributed by atoms with van der Waals surface area (Å²) in [6, 6.07) is 3.94. The van der Waals surface area contributed by atoms with Crippen LogP contribution in [0.4, 0.5) is 5.82 Å². The number of carbonyl (C=O) groups excluding carboxylic acids is 1. The van der Waals surface area contributed by atoms with Gasteiger partial charge in [-0.15, -0.1) is 12.4 Å². The Bertz CT molecular complexity index is 579. The zero-order valence-corrected chi connectivity index (χ0v) is 16.4. The molecule has 0 aromatic carbocycles. The van der Waals surface area contributed by atoms with E-state index in [4.69, 9.17) is 4.98 Å². The summed E-state index contributed by atoms with van der Waals surface area (Å²) < 4.78 is 0. The van der Waals surface area contributed by atoms with Gasteiger partial charge in [0.2, 0.25) is 0 Å². The summed E-state index contributed by atoms with van der Waals surface area (Å²) in [5.74, 6) is 2.82. The second kappa shape index (κ2) is 8.86. The lowest BCUT2D eigenvalue weighted by Crippen LogP contribution is -2.39. The number of rotatable bonds is 3. The molecule has 140 valence electrons. The zero-order valence-electron chi connectivity index (χ0n) is 15.6. The Morgan fingerprint density at radius 1 is 1.12 bits per heavy atom. The molecule has 0 saturated carbocycles. The highest BCUT2D eigenvalue weighted by molar-refractivity contribution is 5.95. The monoisotopic (exact) mass is 366 g/mol. The summed E-state index contributed by atoms with van der Waals surface area (Å²) >= 11 is 0. The van der Waals surface area contributed by atoms with Gasteiger partial charge in [-0.1, -0.05) is 0 Å². The van der Waals surface area contributed by atoms with E-state index in [1.54, 1.807) is 19.0 Å². The smallest absolute Gasteiger partial charge is 0.255 e. The van der Waals surface area contributed by atoms with Crippen molar-refractivity contribution in [2.75, 3.05) is 45.2 Å². The third-order valence-corrected chi connectivity index (χ3v) is 5.62. The van der Waals surface area contributed by atoms with Crippen LogP contribution in [0.1, 0.15) is 41.7 Å². The fourth-order valence-electron chi connectivity index (χ4n) is 4.11. The molecule has 0 bridgehead atoms. The number of nitrogens with one attached hydrogen (secondary N) is 1. The number of pyridine rings is 1. The van der Waals surface area contributed by atoms with Gasteiger partial charge in [-0.25, -0.2) is 4.98 Å². The van der Waals surface area contributed by atoms with Gasteiger partial charge in [0.25, 0.3) is 5.91 Å². The summed E-state index contributed by atoms with van der Waals surface area (Å²) in [6.07, 6.45) is 5.21. The quantitative estimate of drug-likeness (QED) is 0.893. The van der Waals surface area contributed by atoms with E-state index in [2.05, 4.69) is 10.2 Å². The fourth-order valence-corrected chi connectivity index (χ4v) is 4.11. The predicted octanol–water partition coefficient (Wildman–Crippen LogP) is 2.73. The molecule has 1 N–H and O–H groups in total. The molecule has 1 amide bonds. The van der Waals surface area contributed by atoms with Crippen molar-refractivity contribution >= 4 is 24.1 Å². The van der Waals surface area contributed by atoms with Crippen LogP contribution in [0, 0.1) is 18.8 Å². The summed E-state index contributed by atoms with van der Waals surface area (Å²) in [4.78, 5) is 20.8. The molecule has 2 aliphatic heterocycles. The van der Waals surface area contributed by atoms with Crippen LogP contribution >= 0.6 is 12.4 Å². The summed E-state index contributed by atoms with van der Waals surface area (Å²) in [7, 11) is 3.56. The van der Waals surface area contributed by atoms with Crippen molar-refractivity contribution in [3.63, 3.8) is 0 Å². The highest BCUT2D eigenvalue weighted by Gasteiger charge is 2.28. The number of piperidine rings is 2. The third-order valence-electron chi connectivity index (χ3n) is 5.62. The first-order valence-electron chi connectivity index (χ1n) is 9.21. The number of amides is 1. The largest absolute Gasteiger partial charge is 0.357 e. The molecule has 2 saturated heterocycles. The van der Waals surface area contributed by atoms with E-state index in [0.717, 1.165) is 36.4 Å². The molecule has 3 rings (SSSR count). The number of hydrogen-bond acceptors (Lipinski definition) is 4. The van der Waals surface area contributed by atoms with Crippen LogP contribution in [0.25, 0.3) is 0 Å². The Labute approximate surface area is 157 Å². The molecular formula is C19H31ClN4O. The lowest BCUT2D eigenvalue weighted by molar-refractivity contribution is 0.0826. The van der Waals surface area contributed by atoms with Crippen LogP contribution < -0.4 is 10.2 Å². The maximum Gasteiger partial charge on any atom is 0.255 e. The second-order valence-corrected chi connectivity index (χ2v) is 7.41. The van der Waals surface area contributed by atoms with Gasteiger partial charge < -0.3 is 15.1 Å². The van der Waals surface area contributed by atoms with Crippen molar-refractivity contribution < 1.29 is 4.79 Å². The number of nitrogens with zero attached hydrogens (tertiary/aromatic N) is 3. The van der Waals surface area contributed by atoms with E-state index in [1.165, 1.54) is 38.8 Å². The van der Waals surface area contributed by atoms with Crippen molar-refractivity contribution in [1.29, 1.82) is 0 Å². The van der Waals surface area contributed by atoms with Crippen molar-refractivity contribution in [3.05, 3.63) is 23.4 Å². The second-order valence-electron chi connectivity index (χ2n) is 7.41. The highest BCUT2D eigenvalue weighted by Crippen LogP contribution is 2.32. The minimum absolute atomic E-state index is 0. The average Bonchev–Trinajstić information content (AvgIpc) is 2.62. The van der Waals surface area contributed by atoms with Crippen molar-refractivity contribution in [3.8, 4) is 0 Å². The summed E-state index contributed by atoms with van der Waals surface area (Å²) in [6.45, 7) is 6.48. The number of anilines is 1. The molecule has 0 radical (unpaired) electrons. The first kappa shape index (κ1) is 20.0. The molecule has 0 unspecified atom stereocenters. The van der Waals surface area contributed by atoms with Gasteiger partial charge in [0.05, 0.1) is 11.3 Å². The molecule has 0 spiro atoms. The summed E-state index contributed by atoms with van der Waals surface area (Å²) in [5, 5.41) is 3.47. The third kappa shape index (κ3) is 4.64. The van der Waals surface area contributed by atoms with E-state index in [9.17, 15) is 4.79 Å². The predicted molar refractivity (Wildman–Crippen MR) is 105 cm³/mol.